The van der Waals surface area contributed by atoms with E-state index >= 15 is 0 Å². The molecule has 0 heterocycles. The van der Waals surface area contributed by atoms with Gasteiger partial charge in [-0.3, -0.25) is 4.79 Å². The Labute approximate surface area is 90.6 Å². The molecule has 0 aromatic heterocycles. The van der Waals surface area contributed by atoms with Crippen LogP contribution in [0.2, 0.25) is 0 Å². The van der Waals surface area contributed by atoms with Crippen LogP contribution in [0.25, 0.3) is 0 Å². The molecule has 1 amide bonds. The number of carbonyl (C=O) groups is 2. The molecular weight excluding hydrogens is 194 g/mol. The molecule has 1 N–H and O–H groups in total. The summed E-state index contributed by atoms with van der Waals surface area (Å²) in [5, 5.41) is 8.75. The van der Waals surface area contributed by atoms with Gasteiger partial charge in [0.2, 0.25) is 5.91 Å². The molecule has 0 aliphatic rings. The van der Waals surface area contributed by atoms with Crippen molar-refractivity contribution in [1.82, 2.24) is 4.90 Å². The molecule has 0 aliphatic heterocycles. The van der Waals surface area contributed by atoms with E-state index in [1.165, 1.54) is 18.9 Å². The third kappa shape index (κ3) is 4.14. The summed E-state index contributed by atoms with van der Waals surface area (Å²) in [4.78, 5) is 23.7. The Hall–Kier alpha value is -1.32. The standard InChI is InChI=1S/C11H19NO3/c1-7(2)6-8(3)10(13)12(5)9(4)11(14)15/h8-9H,1,6H2,2-5H3,(H,14,15). The highest BCUT2D eigenvalue weighted by Gasteiger charge is 2.25. The molecule has 4 heteroatoms. The highest BCUT2D eigenvalue weighted by molar-refractivity contribution is 5.84. The number of likely N-dealkylation sites (N-methyl/N-ethyl adjacent to an activating group) is 1. The predicted octanol–water partition coefficient (Wildman–Crippen LogP) is 1.52. The smallest absolute Gasteiger partial charge is 0.326 e. The number of amides is 1. The van der Waals surface area contributed by atoms with Gasteiger partial charge in [-0.15, -0.1) is 6.58 Å². The second-order valence-corrected chi connectivity index (χ2v) is 4.03. The molecule has 0 aliphatic carbocycles. The Morgan fingerprint density at radius 3 is 2.20 bits per heavy atom. The summed E-state index contributed by atoms with van der Waals surface area (Å²) in [7, 11) is 1.51. The number of allylic oxidation sites excluding steroid dienone is 1. The van der Waals surface area contributed by atoms with E-state index in [0.717, 1.165) is 5.57 Å². The Morgan fingerprint density at radius 1 is 1.40 bits per heavy atom. The van der Waals surface area contributed by atoms with E-state index in [1.807, 2.05) is 6.92 Å². The molecule has 15 heavy (non-hydrogen) atoms. The quantitative estimate of drug-likeness (QED) is 0.704. The molecule has 0 rings (SSSR count). The molecular formula is C11H19NO3. The maximum absolute atomic E-state index is 11.7. The molecule has 0 aromatic carbocycles. The summed E-state index contributed by atoms with van der Waals surface area (Å²) in [5.74, 6) is -1.37. The lowest BCUT2D eigenvalue weighted by atomic mass is 10.0. The van der Waals surface area contributed by atoms with Crippen molar-refractivity contribution in [2.75, 3.05) is 7.05 Å². The van der Waals surface area contributed by atoms with Gasteiger partial charge >= 0.3 is 5.97 Å². The maximum atomic E-state index is 11.7. The van der Waals surface area contributed by atoms with Gasteiger partial charge in [0.05, 0.1) is 0 Å². The zero-order chi connectivity index (χ0) is 12.2. The van der Waals surface area contributed by atoms with Crippen molar-refractivity contribution in [3.05, 3.63) is 12.2 Å². The number of carbonyl (C=O) groups excluding carboxylic acids is 1. The fraction of sp³-hybridized carbons (Fsp3) is 0.636. The van der Waals surface area contributed by atoms with Gasteiger partial charge < -0.3 is 10.0 Å². The second kappa shape index (κ2) is 5.53. The molecule has 0 bridgehead atoms. The number of carboxylic acids is 1. The Morgan fingerprint density at radius 2 is 1.87 bits per heavy atom. The first-order valence-electron chi connectivity index (χ1n) is 4.91. The third-order valence-electron chi connectivity index (χ3n) is 2.36. The summed E-state index contributed by atoms with van der Waals surface area (Å²) in [6.07, 6.45) is 0.593. The largest absolute Gasteiger partial charge is 0.480 e. The summed E-state index contributed by atoms with van der Waals surface area (Å²) in [5.41, 5.74) is 0.923. The number of hydrogen-bond acceptors (Lipinski definition) is 2. The first kappa shape index (κ1) is 13.7. The molecule has 0 saturated heterocycles. The van der Waals surface area contributed by atoms with E-state index in [2.05, 4.69) is 6.58 Å². The van der Waals surface area contributed by atoms with Gasteiger partial charge in [-0.1, -0.05) is 12.5 Å². The van der Waals surface area contributed by atoms with Crippen LogP contribution in [0.15, 0.2) is 12.2 Å². The van der Waals surface area contributed by atoms with Crippen LogP contribution < -0.4 is 0 Å². The van der Waals surface area contributed by atoms with Crippen molar-refractivity contribution in [3.8, 4) is 0 Å². The van der Waals surface area contributed by atoms with Crippen LogP contribution in [0.5, 0.6) is 0 Å². The van der Waals surface area contributed by atoms with Crippen LogP contribution in [0.4, 0.5) is 0 Å². The third-order valence-corrected chi connectivity index (χ3v) is 2.36. The van der Waals surface area contributed by atoms with Crippen LogP contribution in [-0.4, -0.2) is 35.0 Å². The predicted molar refractivity (Wildman–Crippen MR) is 58.5 cm³/mol. The highest BCUT2D eigenvalue weighted by atomic mass is 16.4. The van der Waals surface area contributed by atoms with Crippen molar-refractivity contribution in [2.24, 2.45) is 5.92 Å². The summed E-state index contributed by atoms with van der Waals surface area (Å²) in [6.45, 7) is 8.85. The van der Waals surface area contributed by atoms with Gasteiger partial charge in [-0.25, -0.2) is 4.79 Å². The molecule has 86 valence electrons. The zero-order valence-electron chi connectivity index (χ0n) is 9.78. The maximum Gasteiger partial charge on any atom is 0.326 e. The fourth-order valence-electron chi connectivity index (χ4n) is 1.31. The summed E-state index contributed by atoms with van der Waals surface area (Å²) >= 11 is 0. The van der Waals surface area contributed by atoms with Gasteiger partial charge in [0, 0.05) is 13.0 Å². The van der Waals surface area contributed by atoms with Crippen molar-refractivity contribution in [2.45, 2.75) is 33.2 Å². The van der Waals surface area contributed by atoms with Gasteiger partial charge in [0.15, 0.2) is 0 Å². The summed E-state index contributed by atoms with van der Waals surface area (Å²) in [6, 6.07) is -0.787. The minimum atomic E-state index is -0.992. The molecule has 0 aromatic rings. The lowest BCUT2D eigenvalue weighted by molar-refractivity contribution is -0.149. The number of nitrogens with zero attached hydrogens (tertiary/aromatic N) is 1. The van der Waals surface area contributed by atoms with Gasteiger partial charge in [0.1, 0.15) is 6.04 Å². The monoisotopic (exact) mass is 213 g/mol. The molecule has 2 atom stereocenters. The average Bonchev–Trinajstić information content (AvgIpc) is 2.13. The van der Waals surface area contributed by atoms with E-state index in [4.69, 9.17) is 5.11 Å². The Balaban J connectivity index is 4.43. The normalized spacial score (nSPS) is 14.1. The van der Waals surface area contributed by atoms with Crippen LogP contribution in [0.1, 0.15) is 27.2 Å². The molecule has 4 nitrogen and oxygen atoms in total. The average molecular weight is 213 g/mol. The van der Waals surface area contributed by atoms with Crippen molar-refractivity contribution < 1.29 is 14.7 Å². The number of carboxylic acid groups (broad SMARTS) is 1. The van der Waals surface area contributed by atoms with Crippen molar-refractivity contribution in [1.29, 1.82) is 0 Å². The van der Waals surface area contributed by atoms with Crippen LogP contribution in [-0.2, 0) is 9.59 Å². The Kier molecular flexibility index (Phi) is 5.05. The van der Waals surface area contributed by atoms with Crippen LogP contribution >= 0.6 is 0 Å². The van der Waals surface area contributed by atoms with Gasteiger partial charge in [-0.05, 0) is 20.3 Å². The lowest BCUT2D eigenvalue weighted by Gasteiger charge is -2.24. The summed E-state index contributed by atoms with van der Waals surface area (Å²) < 4.78 is 0. The van der Waals surface area contributed by atoms with E-state index in [-0.39, 0.29) is 11.8 Å². The number of aliphatic carboxylic acids is 1. The van der Waals surface area contributed by atoms with E-state index in [1.54, 1.807) is 6.92 Å². The highest BCUT2D eigenvalue weighted by Crippen LogP contribution is 2.13. The van der Waals surface area contributed by atoms with E-state index in [9.17, 15) is 9.59 Å². The number of rotatable bonds is 5. The van der Waals surface area contributed by atoms with E-state index in [0.29, 0.717) is 6.42 Å². The minimum absolute atomic E-state index is 0.159. The second-order valence-electron chi connectivity index (χ2n) is 4.03. The first-order chi connectivity index (χ1) is 6.77. The topological polar surface area (TPSA) is 57.6 Å². The van der Waals surface area contributed by atoms with Crippen LogP contribution in [0, 0.1) is 5.92 Å². The molecule has 2 unspecified atom stereocenters. The lowest BCUT2D eigenvalue weighted by Crippen LogP contribution is -2.42. The molecule has 0 fully saturated rings. The fourth-order valence-corrected chi connectivity index (χ4v) is 1.31. The minimum Gasteiger partial charge on any atom is -0.480 e. The van der Waals surface area contributed by atoms with Crippen LogP contribution in [0.3, 0.4) is 0 Å². The van der Waals surface area contributed by atoms with Crippen molar-refractivity contribution >= 4 is 11.9 Å². The van der Waals surface area contributed by atoms with Crippen molar-refractivity contribution in [3.63, 3.8) is 0 Å². The zero-order valence-corrected chi connectivity index (χ0v) is 9.78. The Bertz CT molecular complexity index is 273. The molecule has 0 radical (unpaired) electrons. The number of hydrogen-bond donors (Lipinski definition) is 1. The molecule has 0 spiro atoms. The first-order valence-corrected chi connectivity index (χ1v) is 4.91. The van der Waals surface area contributed by atoms with Gasteiger partial charge in [-0.2, -0.15) is 0 Å². The van der Waals surface area contributed by atoms with E-state index < -0.39 is 12.0 Å². The molecule has 0 saturated carbocycles. The SMILES string of the molecule is C=C(C)CC(C)C(=O)N(C)C(C)C(=O)O. The van der Waals surface area contributed by atoms with Gasteiger partial charge in [0.25, 0.3) is 0 Å².